The number of aromatic nitrogens is 2. The second kappa shape index (κ2) is 10.9. The van der Waals surface area contributed by atoms with E-state index in [4.69, 9.17) is 19.4 Å². The van der Waals surface area contributed by atoms with Crippen LogP contribution < -0.4 is 0 Å². The molecule has 0 radical (unpaired) electrons. The van der Waals surface area contributed by atoms with Gasteiger partial charge in [0.2, 0.25) is 5.91 Å². The van der Waals surface area contributed by atoms with Crippen molar-refractivity contribution in [3.8, 4) is 0 Å². The van der Waals surface area contributed by atoms with Crippen LogP contribution in [0.1, 0.15) is 18.4 Å². The monoisotopic (exact) mass is 450 g/mol. The lowest BCUT2D eigenvalue weighted by Gasteiger charge is -2.37. The first-order chi connectivity index (χ1) is 14.5. The number of carboxylic acid groups (broad SMARTS) is 1. The number of carbonyl (C=O) groups is 2. The van der Waals surface area contributed by atoms with E-state index < -0.39 is 12.1 Å². The number of likely N-dealkylation sites (N-methyl/N-ethyl adjacent to an activating group) is 1. The number of rotatable bonds is 6. The third-order valence-electron chi connectivity index (χ3n) is 5.21. The van der Waals surface area contributed by atoms with Crippen molar-refractivity contribution in [2.75, 3.05) is 40.5 Å². The van der Waals surface area contributed by atoms with Crippen LogP contribution in [0.3, 0.4) is 0 Å². The summed E-state index contributed by atoms with van der Waals surface area (Å²) in [7, 11) is 5.45. The van der Waals surface area contributed by atoms with Gasteiger partial charge in [-0.25, -0.2) is 4.79 Å². The van der Waals surface area contributed by atoms with Gasteiger partial charge in [0.25, 0.3) is 0 Å². The van der Waals surface area contributed by atoms with E-state index in [1.54, 1.807) is 19.0 Å². The maximum absolute atomic E-state index is 11.6. The maximum atomic E-state index is 11.6. The summed E-state index contributed by atoms with van der Waals surface area (Å²) >= 11 is 0. The highest BCUT2D eigenvalue weighted by Gasteiger charge is 2.41. The standard InChI is InChI=1S/C17H28N4O3.C2HF3O2/c1-19(2)17(22)12-23-11-13-6-15-16(7-13)24-5-4-21(15)10-14-8-18-20(3)9-14;3-2(4,5)1(6)7/h8-9,13,15-16H,4-7,10-12H2,1-3H3;(H,6,7)/t13?,15-,16-;/m1./s1. The number of amides is 1. The summed E-state index contributed by atoms with van der Waals surface area (Å²) in [6, 6.07) is 0.442. The normalized spacial score (nSPS) is 23.6. The zero-order chi connectivity index (χ0) is 23.2. The molecule has 2 aliphatic rings. The molecule has 0 spiro atoms. The van der Waals surface area contributed by atoms with E-state index >= 15 is 0 Å². The number of hydrogen-bond donors (Lipinski definition) is 1. The van der Waals surface area contributed by atoms with E-state index in [9.17, 15) is 18.0 Å². The molecule has 2 heterocycles. The van der Waals surface area contributed by atoms with Gasteiger partial charge in [-0.05, 0) is 18.8 Å². The smallest absolute Gasteiger partial charge is 0.475 e. The molecule has 1 N–H and O–H groups in total. The highest BCUT2D eigenvalue weighted by Crippen LogP contribution is 2.35. The molecule has 1 aromatic rings. The number of aliphatic carboxylic acids is 1. The Hall–Kier alpha value is -2.18. The Morgan fingerprint density at radius 3 is 2.58 bits per heavy atom. The lowest BCUT2D eigenvalue weighted by Crippen LogP contribution is -2.47. The van der Waals surface area contributed by atoms with Gasteiger partial charge >= 0.3 is 12.1 Å². The van der Waals surface area contributed by atoms with Crippen molar-refractivity contribution in [2.24, 2.45) is 13.0 Å². The van der Waals surface area contributed by atoms with Crippen LogP contribution in [-0.4, -0.2) is 95.3 Å². The molecule has 12 heteroatoms. The molecule has 3 rings (SSSR count). The molecule has 1 aliphatic carbocycles. The first-order valence-electron chi connectivity index (χ1n) is 9.88. The fourth-order valence-corrected chi connectivity index (χ4v) is 3.69. The second-order valence-electron chi connectivity index (χ2n) is 7.91. The van der Waals surface area contributed by atoms with Gasteiger partial charge in [0.15, 0.2) is 0 Å². The van der Waals surface area contributed by atoms with Gasteiger partial charge in [0.05, 0.1) is 25.5 Å². The Balaban J connectivity index is 0.000000423. The number of carbonyl (C=O) groups excluding carboxylic acids is 1. The second-order valence-corrected chi connectivity index (χ2v) is 7.91. The van der Waals surface area contributed by atoms with Gasteiger partial charge < -0.3 is 19.5 Å². The van der Waals surface area contributed by atoms with E-state index in [0.29, 0.717) is 18.6 Å². The molecule has 31 heavy (non-hydrogen) atoms. The lowest BCUT2D eigenvalue weighted by molar-refractivity contribution is -0.192. The summed E-state index contributed by atoms with van der Waals surface area (Å²) < 4.78 is 45.2. The summed E-state index contributed by atoms with van der Waals surface area (Å²) in [4.78, 5) is 24.6. The zero-order valence-electron chi connectivity index (χ0n) is 17.8. The topological polar surface area (TPSA) is 97.1 Å². The van der Waals surface area contributed by atoms with Crippen LogP contribution in [0.2, 0.25) is 0 Å². The summed E-state index contributed by atoms with van der Waals surface area (Å²) in [5.74, 6) is -2.28. The Bertz CT molecular complexity index is 740. The molecule has 1 saturated heterocycles. The number of aryl methyl sites for hydroxylation is 1. The molecule has 1 amide bonds. The van der Waals surface area contributed by atoms with Crippen LogP contribution >= 0.6 is 0 Å². The number of ether oxygens (including phenoxy) is 2. The fourth-order valence-electron chi connectivity index (χ4n) is 3.69. The number of hydrogen-bond acceptors (Lipinski definition) is 6. The first-order valence-corrected chi connectivity index (χ1v) is 9.88. The molecule has 2 fully saturated rings. The van der Waals surface area contributed by atoms with Gasteiger partial charge in [-0.2, -0.15) is 18.3 Å². The Kier molecular flexibility index (Phi) is 8.83. The minimum Gasteiger partial charge on any atom is -0.475 e. The Labute approximate surface area is 178 Å². The van der Waals surface area contributed by atoms with Gasteiger partial charge in [0, 0.05) is 52.0 Å². The minimum absolute atomic E-state index is 0.0138. The van der Waals surface area contributed by atoms with Crippen LogP contribution in [0.25, 0.3) is 0 Å². The van der Waals surface area contributed by atoms with Gasteiger partial charge in [0.1, 0.15) is 6.61 Å². The first kappa shape index (κ1) is 25.1. The number of morpholine rings is 1. The summed E-state index contributed by atoms with van der Waals surface area (Å²) in [6.07, 6.45) is 1.30. The number of alkyl halides is 3. The molecule has 1 aliphatic heterocycles. The molecule has 176 valence electrons. The predicted octanol–water partition coefficient (Wildman–Crippen LogP) is 1.14. The highest BCUT2D eigenvalue weighted by atomic mass is 19.4. The van der Waals surface area contributed by atoms with E-state index in [1.807, 2.05) is 17.9 Å². The zero-order valence-corrected chi connectivity index (χ0v) is 17.8. The Morgan fingerprint density at radius 2 is 2.03 bits per heavy atom. The molecule has 1 aromatic heterocycles. The summed E-state index contributed by atoms with van der Waals surface area (Å²) in [5.41, 5.74) is 1.24. The number of carboxylic acids is 1. The van der Waals surface area contributed by atoms with Crippen LogP contribution in [0.4, 0.5) is 13.2 Å². The van der Waals surface area contributed by atoms with Crippen molar-refractivity contribution in [2.45, 2.75) is 37.7 Å². The average molecular weight is 450 g/mol. The largest absolute Gasteiger partial charge is 0.490 e. The van der Waals surface area contributed by atoms with Crippen LogP contribution in [0, 0.1) is 5.92 Å². The molecule has 0 bridgehead atoms. The number of halogens is 3. The predicted molar refractivity (Wildman–Crippen MR) is 103 cm³/mol. The molecular weight excluding hydrogens is 421 g/mol. The van der Waals surface area contributed by atoms with Gasteiger partial charge in [-0.3, -0.25) is 14.4 Å². The molecule has 1 unspecified atom stereocenters. The average Bonchev–Trinajstić information content (AvgIpc) is 3.27. The highest BCUT2D eigenvalue weighted by molar-refractivity contribution is 5.76. The van der Waals surface area contributed by atoms with Crippen molar-refractivity contribution < 1.29 is 37.3 Å². The van der Waals surface area contributed by atoms with Crippen molar-refractivity contribution in [3.63, 3.8) is 0 Å². The third kappa shape index (κ3) is 7.78. The van der Waals surface area contributed by atoms with Crippen LogP contribution in [0.15, 0.2) is 12.4 Å². The molecular formula is C19H29F3N4O5. The SMILES string of the molecule is CN(C)C(=O)COCC1C[C@@H]2[C@@H](C1)OCCN2Cc1cnn(C)c1.O=C(O)C(F)(F)F. The summed E-state index contributed by atoms with van der Waals surface area (Å²) in [5, 5.41) is 11.4. The van der Waals surface area contributed by atoms with Crippen molar-refractivity contribution in [1.82, 2.24) is 19.6 Å². The number of nitrogens with zero attached hydrogens (tertiary/aromatic N) is 4. The molecule has 1 saturated carbocycles. The molecule has 9 nitrogen and oxygen atoms in total. The lowest BCUT2D eigenvalue weighted by atomic mass is 10.1. The van der Waals surface area contributed by atoms with Crippen molar-refractivity contribution in [1.29, 1.82) is 0 Å². The molecule has 0 aromatic carbocycles. The van der Waals surface area contributed by atoms with E-state index in [0.717, 1.165) is 32.5 Å². The van der Waals surface area contributed by atoms with Crippen LogP contribution in [-0.2, 0) is 32.7 Å². The Morgan fingerprint density at radius 1 is 1.35 bits per heavy atom. The third-order valence-corrected chi connectivity index (χ3v) is 5.21. The van der Waals surface area contributed by atoms with Crippen molar-refractivity contribution in [3.05, 3.63) is 18.0 Å². The fraction of sp³-hybridized carbons (Fsp3) is 0.737. The van der Waals surface area contributed by atoms with E-state index in [1.165, 1.54) is 5.56 Å². The van der Waals surface area contributed by atoms with E-state index in [-0.39, 0.29) is 18.6 Å². The van der Waals surface area contributed by atoms with Gasteiger partial charge in [-0.1, -0.05) is 0 Å². The summed E-state index contributed by atoms with van der Waals surface area (Å²) in [6.45, 7) is 3.47. The van der Waals surface area contributed by atoms with Crippen molar-refractivity contribution >= 4 is 11.9 Å². The minimum atomic E-state index is -5.08. The quantitative estimate of drug-likeness (QED) is 0.694. The molecule has 3 atom stereocenters. The van der Waals surface area contributed by atoms with Gasteiger partial charge in [-0.15, -0.1) is 0 Å². The van der Waals surface area contributed by atoms with Crippen LogP contribution in [0.5, 0.6) is 0 Å². The number of fused-ring (bicyclic) bond motifs is 1. The van der Waals surface area contributed by atoms with E-state index in [2.05, 4.69) is 16.2 Å². The maximum Gasteiger partial charge on any atom is 0.490 e.